The molecule has 10 heteroatoms. The monoisotopic (exact) mass is 492 g/mol. The van der Waals surface area contributed by atoms with Gasteiger partial charge in [-0.25, -0.2) is 4.79 Å². The first kappa shape index (κ1) is 25.4. The molecule has 1 amide bonds. The normalized spacial score (nSPS) is 24.7. The van der Waals surface area contributed by atoms with Gasteiger partial charge in [0, 0.05) is 31.9 Å². The quantitative estimate of drug-likeness (QED) is 0.373. The number of esters is 1. The number of oxime groups is 1. The number of hydrogen-bond donors (Lipinski definition) is 2. The van der Waals surface area contributed by atoms with Crippen LogP contribution in [-0.2, 0) is 25.5 Å². The van der Waals surface area contributed by atoms with Crippen LogP contribution in [0.1, 0.15) is 49.0 Å². The van der Waals surface area contributed by atoms with Crippen molar-refractivity contribution in [3.8, 4) is 11.5 Å². The number of hydrogen-bond acceptors (Lipinski definition) is 8. The van der Waals surface area contributed by atoms with Crippen LogP contribution in [0.5, 0.6) is 11.5 Å². The number of cyclic esters (lactones) is 1. The fourth-order valence-electron chi connectivity index (χ4n) is 3.80. The minimum absolute atomic E-state index is 0.0378. The van der Waals surface area contributed by atoms with Gasteiger partial charge in [0.05, 0.1) is 29.6 Å². The van der Waals surface area contributed by atoms with Crippen LogP contribution in [-0.4, -0.2) is 64.6 Å². The van der Waals surface area contributed by atoms with E-state index in [2.05, 4.69) is 5.16 Å². The molecule has 184 valence electrons. The summed E-state index contributed by atoms with van der Waals surface area (Å²) in [5.41, 5.74) is 0.361. The number of amides is 1. The van der Waals surface area contributed by atoms with Crippen LogP contribution in [0.3, 0.4) is 0 Å². The van der Waals surface area contributed by atoms with Gasteiger partial charge in [-0.05, 0) is 38.0 Å². The molecule has 2 aliphatic rings. The first-order valence-electron chi connectivity index (χ1n) is 11.2. The number of carbonyl (C=O) groups is 2. The van der Waals surface area contributed by atoms with Gasteiger partial charge in [0.2, 0.25) is 5.91 Å². The summed E-state index contributed by atoms with van der Waals surface area (Å²) >= 11 is 6.32. The highest BCUT2D eigenvalue weighted by molar-refractivity contribution is 6.33. The number of halogens is 1. The summed E-state index contributed by atoms with van der Waals surface area (Å²) in [6.07, 6.45) is 7.56. The Morgan fingerprint density at radius 1 is 1.21 bits per heavy atom. The fraction of sp³-hybridized carbons (Fsp3) is 0.458. The second-order valence-electron chi connectivity index (χ2n) is 8.25. The number of benzene rings is 1. The van der Waals surface area contributed by atoms with Crippen LogP contribution in [0.15, 0.2) is 35.7 Å². The molecule has 3 rings (SSSR count). The van der Waals surface area contributed by atoms with Gasteiger partial charge >= 0.3 is 5.97 Å². The summed E-state index contributed by atoms with van der Waals surface area (Å²) in [5, 5.41) is 24.6. The van der Waals surface area contributed by atoms with Gasteiger partial charge in [0.25, 0.3) is 0 Å². The third-order valence-corrected chi connectivity index (χ3v) is 5.87. The molecule has 1 fully saturated rings. The zero-order valence-electron chi connectivity index (χ0n) is 19.2. The number of likely N-dealkylation sites (tertiary alicyclic amines) is 1. The van der Waals surface area contributed by atoms with E-state index in [1.54, 1.807) is 30.1 Å². The molecule has 0 saturated carbocycles. The Bertz CT molecular complexity index is 1010. The van der Waals surface area contributed by atoms with Crippen LogP contribution in [0.2, 0.25) is 5.02 Å². The zero-order chi connectivity index (χ0) is 24.7. The summed E-state index contributed by atoms with van der Waals surface area (Å²) < 4.78 is 11.1. The molecule has 1 aromatic rings. The van der Waals surface area contributed by atoms with Crippen LogP contribution in [0, 0.1) is 0 Å². The Kier molecular flexibility index (Phi) is 8.81. The van der Waals surface area contributed by atoms with Crippen molar-refractivity contribution in [3.63, 3.8) is 0 Å². The Morgan fingerprint density at radius 3 is 2.74 bits per heavy atom. The summed E-state index contributed by atoms with van der Waals surface area (Å²) in [5.74, 6) is -1.52. The van der Waals surface area contributed by atoms with Crippen molar-refractivity contribution < 1.29 is 34.1 Å². The molecule has 1 saturated heterocycles. The SMILES string of the molecule is C[C@@H]1C[C@@H](C)OC(=O)c2c(O)cc(O)c(Cl)c2CC(=N/OCCN2CCCC2=O)/C=C/C=C\O1. The second kappa shape index (κ2) is 11.8. The van der Waals surface area contributed by atoms with E-state index in [9.17, 15) is 19.8 Å². The topological polar surface area (TPSA) is 118 Å². The molecule has 0 aliphatic carbocycles. The first-order chi connectivity index (χ1) is 16.3. The summed E-state index contributed by atoms with van der Waals surface area (Å²) in [6.45, 7) is 4.86. The van der Waals surface area contributed by atoms with Crippen LogP contribution < -0.4 is 0 Å². The number of allylic oxidation sites excluding steroid dienone is 3. The van der Waals surface area contributed by atoms with Crippen molar-refractivity contribution in [3.05, 3.63) is 46.7 Å². The van der Waals surface area contributed by atoms with E-state index in [0.29, 0.717) is 31.6 Å². The third-order valence-electron chi connectivity index (χ3n) is 5.45. The number of aromatic hydroxyl groups is 2. The standard InChI is InChI=1S/C24H29ClN2O7/c1-15-12-16(2)34-24(31)22-18(23(25)20(29)14-19(22)28)13-17(6-3-4-10-32-15)26-33-11-9-27-8-5-7-21(27)30/h3-4,6,10,14-16,28-29H,5,7-9,11-13H2,1-2H3/b6-3+,10-4-,26-17+/t15-,16-/m1/s1. The second-order valence-corrected chi connectivity index (χ2v) is 8.62. The number of carbonyl (C=O) groups excluding carboxylic acids is 2. The molecule has 2 heterocycles. The van der Waals surface area contributed by atoms with Gasteiger partial charge in [-0.15, -0.1) is 0 Å². The van der Waals surface area contributed by atoms with Crippen molar-refractivity contribution in [2.45, 2.75) is 51.7 Å². The Morgan fingerprint density at radius 2 is 2.00 bits per heavy atom. The van der Waals surface area contributed by atoms with E-state index in [1.807, 2.05) is 6.92 Å². The van der Waals surface area contributed by atoms with Gasteiger partial charge in [0.1, 0.15) is 29.8 Å². The highest BCUT2D eigenvalue weighted by atomic mass is 35.5. The Labute approximate surface area is 203 Å². The molecule has 0 radical (unpaired) electrons. The lowest BCUT2D eigenvalue weighted by Gasteiger charge is -2.20. The number of nitrogens with zero attached hydrogens (tertiary/aromatic N) is 2. The van der Waals surface area contributed by atoms with Gasteiger partial charge < -0.3 is 29.4 Å². The molecule has 9 nitrogen and oxygen atoms in total. The average Bonchev–Trinajstić information content (AvgIpc) is 3.17. The molecule has 0 bridgehead atoms. The number of phenols is 2. The maximum atomic E-state index is 12.9. The van der Waals surface area contributed by atoms with Gasteiger partial charge in [-0.2, -0.15) is 0 Å². The number of ether oxygens (including phenoxy) is 2. The summed E-state index contributed by atoms with van der Waals surface area (Å²) in [6, 6.07) is 1.00. The molecule has 2 atom stereocenters. The zero-order valence-corrected chi connectivity index (χ0v) is 20.0. The van der Waals surface area contributed by atoms with E-state index in [1.165, 1.54) is 6.26 Å². The van der Waals surface area contributed by atoms with Crippen molar-refractivity contribution in [1.29, 1.82) is 0 Å². The predicted octanol–water partition coefficient (Wildman–Crippen LogP) is 3.71. The molecule has 34 heavy (non-hydrogen) atoms. The third kappa shape index (κ3) is 6.66. The van der Waals surface area contributed by atoms with Gasteiger partial charge in [0.15, 0.2) is 0 Å². The van der Waals surface area contributed by atoms with E-state index in [0.717, 1.165) is 12.5 Å². The molecule has 2 N–H and O–H groups in total. The van der Waals surface area contributed by atoms with E-state index in [4.69, 9.17) is 25.9 Å². The number of phenolic OH excluding ortho intramolecular Hbond substituents is 2. The maximum Gasteiger partial charge on any atom is 0.342 e. The van der Waals surface area contributed by atoms with Crippen molar-refractivity contribution >= 4 is 29.2 Å². The van der Waals surface area contributed by atoms with E-state index >= 15 is 0 Å². The number of fused-ring (bicyclic) bond motifs is 1. The lowest BCUT2D eigenvalue weighted by Crippen LogP contribution is -2.28. The molecule has 0 unspecified atom stereocenters. The molecule has 0 aromatic heterocycles. The van der Waals surface area contributed by atoms with Gasteiger partial charge in [-0.3, -0.25) is 4.79 Å². The predicted molar refractivity (Wildman–Crippen MR) is 126 cm³/mol. The van der Waals surface area contributed by atoms with Crippen molar-refractivity contribution in [2.24, 2.45) is 5.16 Å². The van der Waals surface area contributed by atoms with Crippen molar-refractivity contribution in [2.75, 3.05) is 19.7 Å². The Hall–Kier alpha value is -3.20. The van der Waals surface area contributed by atoms with E-state index < -0.39 is 17.8 Å². The molecular formula is C24H29ClN2O7. The van der Waals surface area contributed by atoms with Crippen LogP contribution >= 0.6 is 11.6 Å². The largest absolute Gasteiger partial charge is 0.507 e. The van der Waals surface area contributed by atoms with Crippen molar-refractivity contribution in [1.82, 2.24) is 4.90 Å². The minimum Gasteiger partial charge on any atom is -0.507 e. The highest BCUT2D eigenvalue weighted by Crippen LogP contribution is 2.37. The first-order valence-corrected chi connectivity index (χ1v) is 11.5. The molecular weight excluding hydrogens is 464 g/mol. The summed E-state index contributed by atoms with van der Waals surface area (Å²) in [4.78, 5) is 31.8. The fourth-order valence-corrected chi connectivity index (χ4v) is 4.02. The van der Waals surface area contributed by atoms with E-state index in [-0.39, 0.29) is 46.9 Å². The molecule has 1 aromatic carbocycles. The maximum absolute atomic E-state index is 12.9. The lowest BCUT2D eigenvalue weighted by molar-refractivity contribution is -0.128. The Balaban J connectivity index is 1.90. The average molecular weight is 493 g/mol. The number of rotatable bonds is 4. The molecule has 0 spiro atoms. The highest BCUT2D eigenvalue weighted by Gasteiger charge is 2.26. The minimum atomic E-state index is -0.779. The summed E-state index contributed by atoms with van der Waals surface area (Å²) in [7, 11) is 0. The van der Waals surface area contributed by atoms with Gasteiger partial charge in [-0.1, -0.05) is 22.8 Å². The molecule has 2 aliphatic heterocycles. The lowest BCUT2D eigenvalue weighted by atomic mass is 9.99. The smallest absolute Gasteiger partial charge is 0.342 e. The van der Waals surface area contributed by atoms with Crippen LogP contribution in [0.4, 0.5) is 0 Å². The van der Waals surface area contributed by atoms with Crippen LogP contribution in [0.25, 0.3) is 0 Å².